The zero-order chi connectivity index (χ0) is 14.6. The minimum absolute atomic E-state index is 0.243. The number of amidine groups is 1. The van der Waals surface area contributed by atoms with E-state index < -0.39 is 0 Å². The molecule has 2 aromatic rings. The summed E-state index contributed by atoms with van der Waals surface area (Å²) >= 11 is 0. The molecule has 0 saturated carbocycles. The van der Waals surface area contributed by atoms with Crippen molar-refractivity contribution in [2.24, 2.45) is 16.3 Å². The normalized spacial score (nSPS) is 12.6. The molecule has 0 saturated heterocycles. The average Bonchev–Trinajstić information content (AvgIpc) is 2.94. The van der Waals surface area contributed by atoms with Gasteiger partial charge in [0.2, 0.25) is 0 Å². The quantitative estimate of drug-likeness (QED) is 0.380. The van der Waals surface area contributed by atoms with E-state index in [-0.39, 0.29) is 11.3 Å². The summed E-state index contributed by atoms with van der Waals surface area (Å²) in [5.41, 5.74) is 7.57. The molecule has 20 heavy (non-hydrogen) atoms. The van der Waals surface area contributed by atoms with Gasteiger partial charge in [0, 0.05) is 23.7 Å². The highest BCUT2D eigenvalue weighted by molar-refractivity contribution is 5.85. The first-order valence-electron chi connectivity index (χ1n) is 6.59. The van der Waals surface area contributed by atoms with Crippen LogP contribution in [-0.2, 0) is 6.54 Å². The first-order valence-corrected chi connectivity index (χ1v) is 6.59. The van der Waals surface area contributed by atoms with Crippen molar-refractivity contribution in [2.75, 3.05) is 0 Å². The van der Waals surface area contributed by atoms with Crippen LogP contribution in [0.15, 0.2) is 47.9 Å². The number of hydrogen-bond donors (Lipinski definition) is 2. The van der Waals surface area contributed by atoms with Crippen molar-refractivity contribution in [3.63, 3.8) is 0 Å². The van der Waals surface area contributed by atoms with E-state index in [9.17, 15) is 0 Å². The van der Waals surface area contributed by atoms with Crippen molar-refractivity contribution in [3.05, 3.63) is 42.7 Å². The minimum Gasteiger partial charge on any atom is -0.409 e. The molecule has 1 aromatic carbocycles. The van der Waals surface area contributed by atoms with Gasteiger partial charge in [0.05, 0.1) is 6.20 Å². The van der Waals surface area contributed by atoms with Gasteiger partial charge in [-0.05, 0) is 12.0 Å². The molecule has 1 heterocycles. The fourth-order valence-corrected chi connectivity index (χ4v) is 1.92. The molecule has 0 amide bonds. The molecule has 0 bridgehead atoms. The van der Waals surface area contributed by atoms with Crippen molar-refractivity contribution >= 4 is 5.84 Å². The van der Waals surface area contributed by atoms with Crippen molar-refractivity contribution in [1.82, 2.24) is 9.78 Å². The van der Waals surface area contributed by atoms with Gasteiger partial charge in [-0.2, -0.15) is 5.10 Å². The zero-order valence-electron chi connectivity index (χ0n) is 11.8. The van der Waals surface area contributed by atoms with E-state index >= 15 is 0 Å². The van der Waals surface area contributed by atoms with Gasteiger partial charge in [-0.25, -0.2) is 0 Å². The topological polar surface area (TPSA) is 76.4 Å². The van der Waals surface area contributed by atoms with Gasteiger partial charge in [-0.1, -0.05) is 49.3 Å². The molecule has 0 radical (unpaired) electrons. The molecule has 0 spiro atoms. The van der Waals surface area contributed by atoms with Gasteiger partial charge in [-0.15, -0.1) is 0 Å². The predicted molar refractivity (Wildman–Crippen MR) is 79.5 cm³/mol. The molecule has 3 N–H and O–H groups in total. The maximum Gasteiger partial charge on any atom is 0.144 e. The smallest absolute Gasteiger partial charge is 0.144 e. The number of benzene rings is 1. The second-order valence-corrected chi connectivity index (χ2v) is 5.48. The number of aromatic nitrogens is 2. The fraction of sp³-hybridized carbons (Fsp3) is 0.333. The van der Waals surface area contributed by atoms with Gasteiger partial charge in [0.25, 0.3) is 0 Å². The Kier molecular flexibility index (Phi) is 4.08. The van der Waals surface area contributed by atoms with E-state index in [2.05, 4.69) is 22.4 Å². The maximum atomic E-state index is 8.76. The standard InChI is InChI=1S/C15H20N4O/c1-15(2,14(16)18-20)8-9-19-11-13(10-17-19)12-6-4-3-5-7-12/h3-7,10-11,20H,8-9H2,1-2H3,(H2,16,18). The molecular formula is C15H20N4O. The SMILES string of the molecule is CC(C)(CCn1cc(-c2ccccc2)cn1)C(N)=NO. The number of aryl methyl sites for hydroxylation is 1. The first-order chi connectivity index (χ1) is 9.53. The summed E-state index contributed by atoms with van der Waals surface area (Å²) in [7, 11) is 0. The van der Waals surface area contributed by atoms with Gasteiger partial charge in [-0.3, -0.25) is 4.68 Å². The Morgan fingerprint density at radius 2 is 2.00 bits per heavy atom. The van der Waals surface area contributed by atoms with Crippen LogP contribution in [0.1, 0.15) is 20.3 Å². The summed E-state index contributed by atoms with van der Waals surface area (Å²) in [6.45, 7) is 4.61. The van der Waals surface area contributed by atoms with E-state index in [1.807, 2.05) is 49.1 Å². The summed E-state index contributed by atoms with van der Waals surface area (Å²) in [4.78, 5) is 0. The summed E-state index contributed by atoms with van der Waals surface area (Å²) in [5.74, 6) is 0.243. The number of nitrogens with zero attached hydrogens (tertiary/aromatic N) is 3. The van der Waals surface area contributed by atoms with Crippen molar-refractivity contribution in [3.8, 4) is 11.1 Å². The Balaban J connectivity index is 2.04. The van der Waals surface area contributed by atoms with Gasteiger partial charge >= 0.3 is 0 Å². The lowest BCUT2D eigenvalue weighted by molar-refractivity contribution is 0.302. The third-order valence-corrected chi connectivity index (χ3v) is 3.51. The molecule has 0 aliphatic heterocycles. The number of oxime groups is 1. The van der Waals surface area contributed by atoms with Gasteiger partial charge < -0.3 is 10.9 Å². The predicted octanol–water partition coefficient (Wildman–Crippen LogP) is 2.71. The molecule has 0 unspecified atom stereocenters. The largest absolute Gasteiger partial charge is 0.409 e. The lowest BCUT2D eigenvalue weighted by Gasteiger charge is -2.22. The average molecular weight is 272 g/mol. The van der Waals surface area contributed by atoms with Gasteiger partial charge in [0.1, 0.15) is 5.84 Å². The Morgan fingerprint density at radius 1 is 1.30 bits per heavy atom. The van der Waals surface area contributed by atoms with E-state index in [0.717, 1.165) is 24.1 Å². The Hall–Kier alpha value is -2.30. The van der Waals surface area contributed by atoms with Crippen LogP contribution < -0.4 is 5.73 Å². The second-order valence-electron chi connectivity index (χ2n) is 5.48. The molecule has 5 nitrogen and oxygen atoms in total. The van der Waals surface area contributed by atoms with Crippen LogP contribution in [0.4, 0.5) is 0 Å². The number of rotatable bonds is 5. The molecular weight excluding hydrogens is 252 g/mol. The maximum absolute atomic E-state index is 8.76. The Bertz CT molecular complexity index is 587. The van der Waals surface area contributed by atoms with Crippen molar-refractivity contribution in [2.45, 2.75) is 26.8 Å². The molecule has 0 fully saturated rings. The summed E-state index contributed by atoms with van der Waals surface area (Å²) in [6, 6.07) is 10.1. The third-order valence-electron chi connectivity index (χ3n) is 3.51. The fourth-order valence-electron chi connectivity index (χ4n) is 1.92. The highest BCUT2D eigenvalue weighted by Gasteiger charge is 2.23. The summed E-state index contributed by atoms with van der Waals surface area (Å²) in [5, 5.41) is 16.2. The van der Waals surface area contributed by atoms with Crippen LogP contribution in [0.3, 0.4) is 0 Å². The van der Waals surface area contributed by atoms with E-state index in [0.29, 0.717) is 0 Å². The van der Waals surface area contributed by atoms with Crippen LogP contribution in [0, 0.1) is 5.41 Å². The summed E-state index contributed by atoms with van der Waals surface area (Å²) < 4.78 is 1.88. The lowest BCUT2D eigenvalue weighted by Crippen LogP contribution is -2.33. The lowest BCUT2D eigenvalue weighted by atomic mass is 9.88. The van der Waals surface area contributed by atoms with Crippen LogP contribution in [0.5, 0.6) is 0 Å². The molecule has 0 aliphatic rings. The molecule has 0 atom stereocenters. The monoisotopic (exact) mass is 272 g/mol. The Morgan fingerprint density at radius 3 is 2.65 bits per heavy atom. The van der Waals surface area contributed by atoms with Crippen LogP contribution in [-0.4, -0.2) is 20.8 Å². The van der Waals surface area contributed by atoms with Gasteiger partial charge in [0.15, 0.2) is 0 Å². The summed E-state index contributed by atoms with van der Waals surface area (Å²) in [6.07, 6.45) is 4.61. The van der Waals surface area contributed by atoms with Crippen molar-refractivity contribution in [1.29, 1.82) is 0 Å². The van der Waals surface area contributed by atoms with E-state index in [4.69, 9.17) is 10.9 Å². The molecule has 106 valence electrons. The highest BCUT2D eigenvalue weighted by atomic mass is 16.4. The molecule has 1 aromatic heterocycles. The van der Waals surface area contributed by atoms with Crippen LogP contribution >= 0.6 is 0 Å². The Labute approximate surface area is 118 Å². The molecule has 5 heteroatoms. The number of hydrogen-bond acceptors (Lipinski definition) is 3. The van der Waals surface area contributed by atoms with E-state index in [1.54, 1.807) is 0 Å². The highest BCUT2D eigenvalue weighted by Crippen LogP contribution is 2.22. The molecule has 0 aliphatic carbocycles. The number of nitrogens with two attached hydrogens (primary N) is 1. The second kappa shape index (κ2) is 5.77. The van der Waals surface area contributed by atoms with Crippen LogP contribution in [0.2, 0.25) is 0 Å². The van der Waals surface area contributed by atoms with Crippen molar-refractivity contribution < 1.29 is 5.21 Å². The zero-order valence-corrected chi connectivity index (χ0v) is 11.8. The third kappa shape index (κ3) is 3.17. The minimum atomic E-state index is -0.354. The first kappa shape index (κ1) is 14.1. The van der Waals surface area contributed by atoms with E-state index in [1.165, 1.54) is 0 Å². The van der Waals surface area contributed by atoms with Crippen LogP contribution in [0.25, 0.3) is 11.1 Å². The molecule has 2 rings (SSSR count).